The minimum Gasteiger partial charge on any atom is -0.493 e. The quantitative estimate of drug-likeness (QED) is 0.590. The number of hydrogen-bond donors (Lipinski definition) is 1. The Hall–Kier alpha value is -3.43. The molecular weight excluding hydrogens is 430 g/mol. The van der Waals surface area contributed by atoms with Crippen LogP contribution in [0.5, 0.6) is 11.5 Å². The van der Waals surface area contributed by atoms with Crippen LogP contribution in [-0.4, -0.2) is 61.7 Å². The maximum atomic E-state index is 12.7. The third-order valence-corrected chi connectivity index (χ3v) is 5.78. The molecule has 0 bridgehead atoms. The van der Waals surface area contributed by atoms with E-state index in [1.54, 1.807) is 40.6 Å². The Morgan fingerprint density at radius 1 is 1.12 bits per heavy atom. The highest BCUT2D eigenvalue weighted by Crippen LogP contribution is 2.29. The molecule has 2 aromatic carbocycles. The van der Waals surface area contributed by atoms with Gasteiger partial charge in [0.15, 0.2) is 18.1 Å². The summed E-state index contributed by atoms with van der Waals surface area (Å²) >= 11 is 1.56. The number of morpholine rings is 1. The number of ether oxygens (including phenoxy) is 3. The average Bonchev–Trinajstić information content (AvgIpc) is 3.38. The standard InChI is InChI=1S/C23H23N3O5S/c1-29-20-14-17(4-7-19(20)31-15-21(27)26-9-11-30-12-10-26)22(28)25-18-5-2-16(3-6-18)23-24-8-13-32-23/h2-8,13-14H,9-12,15H2,1H3,(H,25,28). The summed E-state index contributed by atoms with van der Waals surface area (Å²) in [5, 5.41) is 5.72. The summed E-state index contributed by atoms with van der Waals surface area (Å²) in [5.74, 6) is 0.393. The molecule has 0 saturated carbocycles. The number of aromatic nitrogens is 1. The lowest BCUT2D eigenvalue weighted by Gasteiger charge is -2.26. The summed E-state index contributed by atoms with van der Waals surface area (Å²) in [7, 11) is 1.49. The predicted molar refractivity (Wildman–Crippen MR) is 121 cm³/mol. The monoisotopic (exact) mass is 453 g/mol. The lowest BCUT2D eigenvalue weighted by molar-refractivity contribution is -0.137. The number of carbonyl (C=O) groups excluding carboxylic acids is 2. The van der Waals surface area contributed by atoms with Gasteiger partial charge in [-0.25, -0.2) is 4.98 Å². The third-order valence-electron chi connectivity index (χ3n) is 4.96. The molecule has 1 N–H and O–H groups in total. The van der Waals surface area contributed by atoms with Crippen LogP contribution in [0.15, 0.2) is 54.0 Å². The van der Waals surface area contributed by atoms with E-state index in [9.17, 15) is 9.59 Å². The van der Waals surface area contributed by atoms with Crippen molar-refractivity contribution in [2.24, 2.45) is 0 Å². The van der Waals surface area contributed by atoms with Gasteiger partial charge in [-0.1, -0.05) is 0 Å². The normalized spacial score (nSPS) is 13.5. The highest BCUT2D eigenvalue weighted by Gasteiger charge is 2.18. The molecule has 1 saturated heterocycles. The molecular formula is C23H23N3O5S. The summed E-state index contributed by atoms with van der Waals surface area (Å²) in [6, 6.07) is 12.4. The van der Waals surface area contributed by atoms with E-state index in [0.29, 0.717) is 49.1 Å². The van der Waals surface area contributed by atoms with Crippen LogP contribution in [0.2, 0.25) is 0 Å². The summed E-state index contributed by atoms with van der Waals surface area (Å²) < 4.78 is 16.3. The number of carbonyl (C=O) groups is 2. The Morgan fingerprint density at radius 2 is 1.91 bits per heavy atom. The zero-order valence-corrected chi connectivity index (χ0v) is 18.4. The lowest BCUT2D eigenvalue weighted by Crippen LogP contribution is -2.43. The van der Waals surface area contributed by atoms with Crippen LogP contribution < -0.4 is 14.8 Å². The molecule has 8 nitrogen and oxygen atoms in total. The largest absolute Gasteiger partial charge is 0.493 e. The molecule has 0 aliphatic carbocycles. The number of thiazole rings is 1. The van der Waals surface area contributed by atoms with Crippen LogP contribution in [0.25, 0.3) is 10.6 Å². The second kappa shape index (κ2) is 10.3. The van der Waals surface area contributed by atoms with Crippen LogP contribution in [-0.2, 0) is 9.53 Å². The number of methoxy groups -OCH3 is 1. The molecule has 2 amide bonds. The van der Waals surface area contributed by atoms with Crippen molar-refractivity contribution in [3.63, 3.8) is 0 Å². The Kier molecular flexibility index (Phi) is 6.98. The number of benzene rings is 2. The summed E-state index contributed by atoms with van der Waals surface area (Å²) in [6.45, 7) is 2.08. The number of nitrogens with one attached hydrogen (secondary N) is 1. The number of rotatable bonds is 7. The third kappa shape index (κ3) is 5.24. The van der Waals surface area contributed by atoms with Gasteiger partial charge in [-0.05, 0) is 42.5 Å². The first-order valence-corrected chi connectivity index (χ1v) is 11.0. The maximum absolute atomic E-state index is 12.7. The van der Waals surface area contributed by atoms with E-state index >= 15 is 0 Å². The van der Waals surface area contributed by atoms with Gasteiger partial charge in [0.1, 0.15) is 5.01 Å². The van der Waals surface area contributed by atoms with Gasteiger partial charge in [0.2, 0.25) is 0 Å². The molecule has 9 heteroatoms. The molecule has 0 unspecified atom stereocenters. The fraction of sp³-hybridized carbons (Fsp3) is 0.261. The Balaban J connectivity index is 1.38. The van der Waals surface area contributed by atoms with Crippen molar-refractivity contribution >= 4 is 28.8 Å². The summed E-state index contributed by atoms with van der Waals surface area (Å²) in [4.78, 5) is 31.0. The predicted octanol–water partition coefficient (Wildman–Crippen LogP) is 3.31. The smallest absolute Gasteiger partial charge is 0.260 e. The Labute approximate surface area is 189 Å². The van der Waals surface area contributed by atoms with Crippen LogP contribution in [0.4, 0.5) is 5.69 Å². The maximum Gasteiger partial charge on any atom is 0.260 e. The summed E-state index contributed by atoms with van der Waals surface area (Å²) in [6.07, 6.45) is 1.76. The molecule has 166 valence electrons. The topological polar surface area (TPSA) is 90.0 Å². The van der Waals surface area contributed by atoms with E-state index in [0.717, 1.165) is 10.6 Å². The van der Waals surface area contributed by atoms with Gasteiger partial charge in [-0.2, -0.15) is 0 Å². The molecule has 3 aromatic rings. The highest BCUT2D eigenvalue weighted by atomic mass is 32.1. The van der Waals surface area contributed by atoms with Gasteiger partial charge in [0, 0.05) is 41.5 Å². The highest BCUT2D eigenvalue weighted by molar-refractivity contribution is 7.13. The van der Waals surface area contributed by atoms with Gasteiger partial charge in [-0.15, -0.1) is 11.3 Å². The van der Waals surface area contributed by atoms with Gasteiger partial charge in [-0.3, -0.25) is 9.59 Å². The van der Waals surface area contributed by atoms with Crippen molar-refractivity contribution in [1.82, 2.24) is 9.88 Å². The number of nitrogens with zero attached hydrogens (tertiary/aromatic N) is 2. The molecule has 0 radical (unpaired) electrons. The molecule has 1 fully saturated rings. The fourth-order valence-electron chi connectivity index (χ4n) is 3.24. The molecule has 2 heterocycles. The second-order valence-electron chi connectivity index (χ2n) is 7.02. The molecule has 1 aromatic heterocycles. The van der Waals surface area contributed by atoms with Gasteiger partial charge < -0.3 is 24.4 Å². The molecule has 0 spiro atoms. The van der Waals surface area contributed by atoms with Crippen molar-refractivity contribution in [1.29, 1.82) is 0 Å². The van der Waals surface area contributed by atoms with E-state index in [1.807, 2.05) is 29.6 Å². The summed E-state index contributed by atoms with van der Waals surface area (Å²) in [5.41, 5.74) is 2.08. The van der Waals surface area contributed by atoms with Crippen molar-refractivity contribution in [2.45, 2.75) is 0 Å². The van der Waals surface area contributed by atoms with Gasteiger partial charge in [0.05, 0.1) is 20.3 Å². The van der Waals surface area contributed by atoms with E-state index in [2.05, 4.69) is 10.3 Å². The Morgan fingerprint density at radius 3 is 2.59 bits per heavy atom. The number of hydrogen-bond acceptors (Lipinski definition) is 7. The Bertz CT molecular complexity index is 1060. The first-order chi connectivity index (χ1) is 15.6. The average molecular weight is 454 g/mol. The van der Waals surface area contributed by atoms with Crippen LogP contribution in [0.3, 0.4) is 0 Å². The van der Waals surface area contributed by atoms with E-state index in [4.69, 9.17) is 14.2 Å². The number of anilines is 1. The van der Waals surface area contributed by atoms with E-state index in [-0.39, 0.29) is 18.4 Å². The fourth-order valence-corrected chi connectivity index (χ4v) is 3.88. The van der Waals surface area contributed by atoms with Crippen molar-refractivity contribution < 1.29 is 23.8 Å². The van der Waals surface area contributed by atoms with Crippen molar-refractivity contribution in [3.05, 3.63) is 59.6 Å². The molecule has 0 atom stereocenters. The van der Waals surface area contributed by atoms with Crippen LogP contribution >= 0.6 is 11.3 Å². The molecule has 4 rings (SSSR count). The molecule has 32 heavy (non-hydrogen) atoms. The van der Waals surface area contributed by atoms with E-state index in [1.165, 1.54) is 7.11 Å². The zero-order valence-electron chi connectivity index (χ0n) is 17.6. The van der Waals surface area contributed by atoms with Crippen molar-refractivity contribution in [2.75, 3.05) is 45.3 Å². The molecule has 1 aliphatic rings. The van der Waals surface area contributed by atoms with Crippen LogP contribution in [0.1, 0.15) is 10.4 Å². The minimum atomic E-state index is -0.277. The first-order valence-electron chi connectivity index (χ1n) is 10.1. The molecule has 1 aliphatic heterocycles. The van der Waals surface area contributed by atoms with Crippen molar-refractivity contribution in [3.8, 4) is 22.1 Å². The van der Waals surface area contributed by atoms with Crippen LogP contribution in [0, 0.1) is 0 Å². The van der Waals surface area contributed by atoms with E-state index < -0.39 is 0 Å². The first kappa shape index (κ1) is 21.8. The van der Waals surface area contributed by atoms with Gasteiger partial charge >= 0.3 is 0 Å². The lowest BCUT2D eigenvalue weighted by atomic mass is 10.1. The van der Waals surface area contributed by atoms with Gasteiger partial charge in [0.25, 0.3) is 11.8 Å². The number of amides is 2. The SMILES string of the molecule is COc1cc(C(=O)Nc2ccc(-c3nccs3)cc2)ccc1OCC(=O)N1CCOCC1. The second-order valence-corrected chi connectivity index (χ2v) is 7.91. The minimum absolute atomic E-state index is 0.104. The zero-order chi connectivity index (χ0) is 22.3.